The fraction of sp³-hybridized carbons (Fsp3) is 0.308. The monoisotopic (exact) mass is 297 g/mol. The van der Waals surface area contributed by atoms with Gasteiger partial charge in [0.25, 0.3) is 0 Å². The van der Waals surface area contributed by atoms with Gasteiger partial charge >= 0.3 is 0 Å². The number of Topliss-reactive ketones (excluding diaryl/α,β-unsaturated/α-hetero) is 1. The predicted octanol–water partition coefficient (Wildman–Crippen LogP) is 2.64. The van der Waals surface area contributed by atoms with Crippen LogP contribution in [-0.2, 0) is 0 Å². The summed E-state index contributed by atoms with van der Waals surface area (Å²) in [5.41, 5.74) is 1.48. The van der Waals surface area contributed by atoms with Crippen molar-refractivity contribution >= 4 is 27.4 Å². The van der Waals surface area contributed by atoms with Gasteiger partial charge in [0.05, 0.1) is 6.61 Å². The molecule has 0 aliphatic rings. The quantitative estimate of drug-likeness (QED) is 0.648. The largest absolute Gasteiger partial charge is 0.395 e. The second kappa shape index (κ2) is 6.57. The molecule has 0 aromatic heterocycles. The Labute approximate surface area is 110 Å². The summed E-state index contributed by atoms with van der Waals surface area (Å²) in [6.07, 6.45) is 1.75. The molecule has 1 N–H and O–H groups in total. The molecule has 17 heavy (non-hydrogen) atoms. The van der Waals surface area contributed by atoms with Crippen molar-refractivity contribution in [3.8, 4) is 0 Å². The summed E-state index contributed by atoms with van der Waals surface area (Å²) in [6.45, 7) is 6.34. The van der Waals surface area contributed by atoms with Crippen molar-refractivity contribution in [1.29, 1.82) is 0 Å². The van der Waals surface area contributed by atoms with Crippen LogP contribution in [0, 0.1) is 0 Å². The molecule has 3 nitrogen and oxygen atoms in total. The Bertz CT molecular complexity index is 418. The van der Waals surface area contributed by atoms with Crippen LogP contribution in [0.4, 0.5) is 5.69 Å². The van der Waals surface area contributed by atoms with Gasteiger partial charge in [-0.15, -0.1) is 6.58 Å². The normalized spacial score (nSPS) is 10.1. The van der Waals surface area contributed by atoms with E-state index in [1.165, 1.54) is 6.92 Å². The van der Waals surface area contributed by atoms with Crippen molar-refractivity contribution < 1.29 is 9.90 Å². The highest BCUT2D eigenvalue weighted by Gasteiger charge is 2.13. The average molecular weight is 298 g/mol. The Morgan fingerprint density at radius 3 is 2.82 bits per heavy atom. The number of nitrogens with zero attached hydrogens (tertiary/aromatic N) is 1. The first-order valence-corrected chi connectivity index (χ1v) is 6.16. The first-order chi connectivity index (χ1) is 8.10. The Hall–Kier alpha value is -1.13. The summed E-state index contributed by atoms with van der Waals surface area (Å²) in [4.78, 5) is 13.5. The second-order valence-corrected chi connectivity index (χ2v) is 4.59. The molecule has 0 atom stereocenters. The maximum Gasteiger partial charge on any atom is 0.161 e. The molecule has 0 aliphatic heterocycles. The van der Waals surface area contributed by atoms with Crippen LogP contribution in [0.15, 0.2) is 35.3 Å². The summed E-state index contributed by atoms with van der Waals surface area (Å²) in [6, 6.07) is 5.56. The Kier molecular flexibility index (Phi) is 5.38. The molecule has 0 heterocycles. The Morgan fingerprint density at radius 1 is 1.59 bits per heavy atom. The third kappa shape index (κ3) is 3.68. The SMILES string of the molecule is C=CCN(CCO)c1ccc(Br)cc1C(C)=O. The Morgan fingerprint density at radius 2 is 2.29 bits per heavy atom. The third-order valence-electron chi connectivity index (χ3n) is 2.40. The highest BCUT2D eigenvalue weighted by molar-refractivity contribution is 9.10. The summed E-state index contributed by atoms with van der Waals surface area (Å²) in [5.74, 6) is 0.00769. The molecule has 0 fully saturated rings. The van der Waals surface area contributed by atoms with E-state index in [4.69, 9.17) is 5.11 Å². The van der Waals surface area contributed by atoms with Gasteiger partial charge in [-0.05, 0) is 25.1 Å². The second-order valence-electron chi connectivity index (χ2n) is 3.68. The molecule has 1 rings (SSSR count). The molecule has 0 amide bonds. The smallest absolute Gasteiger partial charge is 0.161 e. The van der Waals surface area contributed by atoms with E-state index >= 15 is 0 Å². The van der Waals surface area contributed by atoms with E-state index in [9.17, 15) is 4.79 Å². The number of anilines is 1. The minimum absolute atomic E-state index is 0.00769. The third-order valence-corrected chi connectivity index (χ3v) is 2.89. The number of hydrogen-bond donors (Lipinski definition) is 1. The van der Waals surface area contributed by atoms with Gasteiger partial charge in [-0.2, -0.15) is 0 Å². The summed E-state index contributed by atoms with van der Waals surface area (Å²) in [5, 5.41) is 9.04. The molecule has 0 aliphatic carbocycles. The number of ketones is 1. The summed E-state index contributed by atoms with van der Waals surface area (Å²) in [7, 11) is 0. The molecule has 1 aromatic carbocycles. The number of aliphatic hydroxyl groups is 1. The van der Waals surface area contributed by atoms with Crippen molar-refractivity contribution in [3.63, 3.8) is 0 Å². The maximum atomic E-state index is 11.6. The van der Waals surface area contributed by atoms with Crippen LogP contribution in [0.3, 0.4) is 0 Å². The van der Waals surface area contributed by atoms with Crippen LogP contribution in [0.5, 0.6) is 0 Å². The molecule has 0 spiro atoms. The standard InChI is InChI=1S/C13H16BrNO2/c1-3-6-15(7-8-16)13-5-4-11(14)9-12(13)10(2)17/h3-5,9,16H,1,6-8H2,2H3. The average Bonchev–Trinajstić information content (AvgIpc) is 2.28. The van der Waals surface area contributed by atoms with Gasteiger partial charge in [-0.3, -0.25) is 4.79 Å². The molecule has 4 heteroatoms. The number of carbonyl (C=O) groups excluding carboxylic acids is 1. The number of hydrogen-bond acceptors (Lipinski definition) is 3. The van der Waals surface area contributed by atoms with Crippen molar-refractivity contribution in [2.45, 2.75) is 6.92 Å². The lowest BCUT2D eigenvalue weighted by Crippen LogP contribution is -2.28. The highest BCUT2D eigenvalue weighted by Crippen LogP contribution is 2.25. The zero-order valence-corrected chi connectivity index (χ0v) is 11.4. The molecule has 0 saturated heterocycles. The fourth-order valence-electron chi connectivity index (χ4n) is 1.65. The first-order valence-electron chi connectivity index (χ1n) is 5.37. The van der Waals surface area contributed by atoms with Gasteiger partial charge in [0.1, 0.15) is 0 Å². The summed E-state index contributed by atoms with van der Waals surface area (Å²) < 4.78 is 0.869. The van der Waals surface area contributed by atoms with Gasteiger partial charge < -0.3 is 10.0 Å². The molecular weight excluding hydrogens is 282 g/mol. The van der Waals surface area contributed by atoms with Crippen molar-refractivity contribution in [2.24, 2.45) is 0 Å². The van der Waals surface area contributed by atoms with Gasteiger partial charge in [0.15, 0.2) is 5.78 Å². The van der Waals surface area contributed by atoms with Crippen LogP contribution in [0.1, 0.15) is 17.3 Å². The van der Waals surface area contributed by atoms with E-state index in [1.54, 1.807) is 12.1 Å². The van der Waals surface area contributed by atoms with Crippen LogP contribution >= 0.6 is 15.9 Å². The molecule has 0 radical (unpaired) electrons. The van der Waals surface area contributed by atoms with Crippen LogP contribution < -0.4 is 4.90 Å². The molecular formula is C13H16BrNO2. The van der Waals surface area contributed by atoms with E-state index in [-0.39, 0.29) is 12.4 Å². The summed E-state index contributed by atoms with van der Waals surface area (Å²) >= 11 is 3.35. The molecule has 0 saturated carbocycles. The van der Waals surface area contributed by atoms with Crippen molar-refractivity contribution in [3.05, 3.63) is 40.9 Å². The van der Waals surface area contributed by atoms with Gasteiger partial charge in [-0.1, -0.05) is 22.0 Å². The molecule has 0 unspecified atom stereocenters. The van der Waals surface area contributed by atoms with Crippen molar-refractivity contribution in [2.75, 3.05) is 24.6 Å². The van der Waals surface area contributed by atoms with E-state index in [2.05, 4.69) is 22.5 Å². The van der Waals surface area contributed by atoms with Gasteiger partial charge in [0, 0.05) is 28.8 Å². The number of rotatable bonds is 6. The lowest BCUT2D eigenvalue weighted by atomic mass is 10.1. The van der Waals surface area contributed by atoms with E-state index in [0.717, 1.165) is 10.2 Å². The first kappa shape index (κ1) is 13.9. The molecule has 92 valence electrons. The van der Waals surface area contributed by atoms with E-state index < -0.39 is 0 Å². The zero-order chi connectivity index (χ0) is 12.8. The Balaban J connectivity index is 3.16. The van der Waals surface area contributed by atoms with Crippen molar-refractivity contribution in [1.82, 2.24) is 0 Å². The van der Waals surface area contributed by atoms with Gasteiger partial charge in [-0.25, -0.2) is 0 Å². The van der Waals surface area contributed by atoms with Gasteiger partial charge in [0.2, 0.25) is 0 Å². The fourth-order valence-corrected chi connectivity index (χ4v) is 2.01. The minimum atomic E-state index is 0.00769. The minimum Gasteiger partial charge on any atom is -0.395 e. The maximum absolute atomic E-state index is 11.6. The predicted molar refractivity (Wildman–Crippen MR) is 73.6 cm³/mol. The lowest BCUT2D eigenvalue weighted by Gasteiger charge is -2.24. The van der Waals surface area contributed by atoms with E-state index in [0.29, 0.717) is 18.7 Å². The highest BCUT2D eigenvalue weighted by atomic mass is 79.9. The number of aliphatic hydroxyl groups excluding tert-OH is 1. The van der Waals surface area contributed by atoms with Crippen LogP contribution in [0.25, 0.3) is 0 Å². The number of halogens is 1. The lowest BCUT2D eigenvalue weighted by molar-refractivity contribution is 0.101. The topological polar surface area (TPSA) is 40.5 Å². The molecule has 1 aromatic rings. The number of benzene rings is 1. The number of carbonyl (C=O) groups is 1. The van der Waals surface area contributed by atoms with E-state index in [1.807, 2.05) is 17.0 Å². The van der Waals surface area contributed by atoms with Crippen LogP contribution in [0.2, 0.25) is 0 Å². The molecule has 0 bridgehead atoms. The van der Waals surface area contributed by atoms with Crippen LogP contribution in [-0.4, -0.2) is 30.6 Å². The zero-order valence-electron chi connectivity index (χ0n) is 9.82.